The SMILES string of the molecule is COc1ccc(COc2ccc(Nc3ncnc4cc(C#CC5[C@H]6CN(C(=O)OC(C)(C)C)C[C@@H]56)c([N+](=O)[O-])cc34)cc2Cl)cc1. The lowest BCUT2D eigenvalue weighted by Gasteiger charge is -2.25. The van der Waals surface area contributed by atoms with E-state index in [9.17, 15) is 14.9 Å². The lowest BCUT2D eigenvalue weighted by atomic mass is 10.1. The van der Waals surface area contributed by atoms with Crippen molar-refractivity contribution in [2.45, 2.75) is 33.0 Å². The number of aromatic nitrogens is 2. The van der Waals surface area contributed by atoms with E-state index in [-0.39, 0.29) is 35.1 Å². The third kappa shape index (κ3) is 6.77. The molecule has 1 amide bonds. The van der Waals surface area contributed by atoms with Gasteiger partial charge in [0.2, 0.25) is 0 Å². The first-order valence-corrected chi connectivity index (χ1v) is 15.1. The number of piperidine rings is 1. The van der Waals surface area contributed by atoms with E-state index in [1.807, 2.05) is 45.0 Å². The van der Waals surface area contributed by atoms with Crippen molar-refractivity contribution in [2.24, 2.45) is 17.8 Å². The van der Waals surface area contributed by atoms with E-state index >= 15 is 0 Å². The molecule has 1 aromatic heterocycles. The number of hydrogen-bond donors (Lipinski definition) is 1. The Morgan fingerprint density at radius 1 is 1.11 bits per heavy atom. The van der Waals surface area contributed by atoms with E-state index in [0.717, 1.165) is 11.3 Å². The Morgan fingerprint density at radius 3 is 2.50 bits per heavy atom. The molecule has 2 heterocycles. The maximum absolute atomic E-state index is 12.4. The summed E-state index contributed by atoms with van der Waals surface area (Å²) < 4.78 is 16.5. The molecule has 2 aliphatic rings. The van der Waals surface area contributed by atoms with Crippen LogP contribution < -0.4 is 14.8 Å². The van der Waals surface area contributed by atoms with Gasteiger partial charge in [-0.25, -0.2) is 14.8 Å². The standard InChI is InChI=1S/C34H32ClN5O6/c1-34(2,3)46-33(41)39-16-26-24(27(26)17-39)11-7-21-13-29-25(15-30(21)40(42)43)32(37-19-36-29)38-22-8-12-31(28(35)14-22)45-18-20-5-9-23(44-4)10-6-20/h5-6,8-10,12-15,19,24,26-27H,16-18H2,1-4H3,(H,36,37,38)/t24?,26-,27+. The number of rotatable bonds is 7. The molecule has 46 heavy (non-hydrogen) atoms. The Hall–Kier alpha value is -5.08. The van der Waals surface area contributed by atoms with E-state index in [4.69, 9.17) is 25.8 Å². The van der Waals surface area contributed by atoms with Crippen LogP contribution in [0.4, 0.5) is 22.0 Å². The molecule has 1 saturated heterocycles. The van der Waals surface area contributed by atoms with Gasteiger partial charge in [-0.05, 0) is 74.6 Å². The molecule has 12 heteroatoms. The fraction of sp³-hybridized carbons (Fsp3) is 0.324. The summed E-state index contributed by atoms with van der Waals surface area (Å²) >= 11 is 6.52. The molecule has 236 valence electrons. The number of carbonyl (C=O) groups is 1. The first-order chi connectivity index (χ1) is 22.0. The topological polar surface area (TPSA) is 129 Å². The summed E-state index contributed by atoms with van der Waals surface area (Å²) in [7, 11) is 1.61. The van der Waals surface area contributed by atoms with Gasteiger partial charge < -0.3 is 24.4 Å². The monoisotopic (exact) mass is 641 g/mol. The van der Waals surface area contributed by atoms with Crippen molar-refractivity contribution in [1.82, 2.24) is 14.9 Å². The average molecular weight is 642 g/mol. The third-order valence-corrected chi connectivity index (χ3v) is 8.21. The minimum Gasteiger partial charge on any atom is -0.497 e. The van der Waals surface area contributed by atoms with Crippen molar-refractivity contribution in [3.8, 4) is 23.3 Å². The van der Waals surface area contributed by atoms with Crippen LogP contribution in [-0.2, 0) is 11.3 Å². The first kappa shape index (κ1) is 30.9. The van der Waals surface area contributed by atoms with Crippen molar-refractivity contribution in [2.75, 3.05) is 25.5 Å². The third-order valence-electron chi connectivity index (χ3n) is 7.92. The fourth-order valence-electron chi connectivity index (χ4n) is 5.53. The number of anilines is 2. The number of benzene rings is 3. The Balaban J connectivity index is 1.15. The zero-order valence-corrected chi connectivity index (χ0v) is 26.5. The van der Waals surface area contributed by atoms with Gasteiger partial charge in [0.15, 0.2) is 0 Å². The van der Waals surface area contributed by atoms with Gasteiger partial charge in [0.05, 0.1) is 22.6 Å². The Morgan fingerprint density at radius 2 is 1.85 bits per heavy atom. The molecular formula is C34H32ClN5O6. The normalized spacial score (nSPS) is 18.3. The van der Waals surface area contributed by atoms with Crippen LogP contribution in [0.2, 0.25) is 5.02 Å². The van der Waals surface area contributed by atoms with E-state index in [0.29, 0.717) is 52.9 Å². The largest absolute Gasteiger partial charge is 0.497 e. The molecule has 0 spiro atoms. The highest BCUT2D eigenvalue weighted by Crippen LogP contribution is 2.51. The summed E-state index contributed by atoms with van der Waals surface area (Å²) in [4.78, 5) is 34.4. The number of halogens is 1. The van der Waals surface area contributed by atoms with Crippen molar-refractivity contribution in [1.29, 1.82) is 0 Å². The van der Waals surface area contributed by atoms with E-state index in [1.54, 1.807) is 36.3 Å². The van der Waals surface area contributed by atoms with Gasteiger partial charge in [-0.2, -0.15) is 0 Å². The summed E-state index contributed by atoms with van der Waals surface area (Å²) in [6.07, 6.45) is 1.06. The molecule has 0 radical (unpaired) electrons. The number of ether oxygens (including phenoxy) is 3. The predicted octanol–water partition coefficient (Wildman–Crippen LogP) is 6.99. The maximum atomic E-state index is 12.4. The average Bonchev–Trinajstić information content (AvgIpc) is 3.45. The molecule has 2 fully saturated rings. The highest BCUT2D eigenvalue weighted by molar-refractivity contribution is 6.32. The lowest BCUT2D eigenvalue weighted by Crippen LogP contribution is -2.37. The van der Waals surface area contributed by atoms with E-state index < -0.39 is 10.5 Å². The number of amides is 1. The Kier molecular flexibility index (Phi) is 8.32. The molecule has 6 rings (SSSR count). The second kappa shape index (κ2) is 12.4. The second-order valence-corrected chi connectivity index (χ2v) is 12.7. The number of nitrogens with one attached hydrogen (secondary N) is 1. The minimum atomic E-state index is -0.553. The zero-order valence-electron chi connectivity index (χ0n) is 25.7. The fourth-order valence-corrected chi connectivity index (χ4v) is 5.77. The number of carbonyl (C=O) groups excluding carboxylic acids is 1. The molecular weight excluding hydrogens is 610 g/mol. The number of fused-ring (bicyclic) bond motifs is 2. The zero-order chi connectivity index (χ0) is 32.6. The van der Waals surface area contributed by atoms with Crippen molar-refractivity contribution >= 4 is 45.8 Å². The predicted molar refractivity (Wildman–Crippen MR) is 173 cm³/mol. The van der Waals surface area contributed by atoms with Gasteiger partial charge in [0.1, 0.15) is 41.4 Å². The number of nitrogens with zero attached hydrogens (tertiary/aromatic N) is 4. The first-order valence-electron chi connectivity index (χ1n) is 14.7. The highest BCUT2D eigenvalue weighted by Gasteiger charge is 2.56. The minimum absolute atomic E-state index is 0.0736. The number of methoxy groups -OCH3 is 1. The van der Waals surface area contributed by atoms with Crippen LogP contribution in [-0.4, -0.2) is 51.7 Å². The summed E-state index contributed by atoms with van der Waals surface area (Å²) in [6.45, 7) is 6.98. The highest BCUT2D eigenvalue weighted by atomic mass is 35.5. The van der Waals surface area contributed by atoms with Gasteiger partial charge >= 0.3 is 6.09 Å². The van der Waals surface area contributed by atoms with E-state index in [1.165, 1.54) is 12.4 Å². The lowest BCUT2D eigenvalue weighted by molar-refractivity contribution is -0.385. The van der Waals surface area contributed by atoms with Crippen molar-refractivity contribution in [3.05, 3.63) is 87.2 Å². The number of nitro benzene ring substituents is 1. The van der Waals surface area contributed by atoms with Gasteiger partial charge in [0, 0.05) is 36.1 Å². The van der Waals surface area contributed by atoms with Crippen molar-refractivity contribution < 1.29 is 23.9 Å². The van der Waals surface area contributed by atoms with Crippen LogP contribution in [0.25, 0.3) is 10.9 Å². The van der Waals surface area contributed by atoms with Gasteiger partial charge in [-0.1, -0.05) is 35.6 Å². The molecule has 1 N–H and O–H groups in total. The van der Waals surface area contributed by atoms with Crippen LogP contribution >= 0.6 is 11.6 Å². The molecule has 4 aromatic rings. The smallest absolute Gasteiger partial charge is 0.410 e. The molecule has 0 bridgehead atoms. The van der Waals surface area contributed by atoms with Crippen LogP contribution in [0.1, 0.15) is 31.9 Å². The maximum Gasteiger partial charge on any atom is 0.410 e. The van der Waals surface area contributed by atoms with Crippen molar-refractivity contribution in [3.63, 3.8) is 0 Å². The molecule has 1 unspecified atom stereocenters. The molecule has 3 aromatic carbocycles. The summed E-state index contributed by atoms with van der Waals surface area (Å²) in [5.41, 5.74) is 1.67. The molecule has 3 atom stereocenters. The molecule has 1 saturated carbocycles. The number of hydrogen-bond acceptors (Lipinski definition) is 9. The second-order valence-electron chi connectivity index (χ2n) is 12.3. The number of nitro groups is 1. The summed E-state index contributed by atoms with van der Waals surface area (Å²) in [5, 5.41) is 16.1. The van der Waals surface area contributed by atoms with Crippen LogP contribution in [0.5, 0.6) is 11.5 Å². The molecule has 11 nitrogen and oxygen atoms in total. The van der Waals surface area contributed by atoms with E-state index in [2.05, 4.69) is 27.1 Å². The van der Waals surface area contributed by atoms with Crippen LogP contribution in [0.3, 0.4) is 0 Å². The molecule has 1 aliphatic carbocycles. The summed E-state index contributed by atoms with van der Waals surface area (Å²) in [6, 6.07) is 15.8. The van der Waals surface area contributed by atoms with Gasteiger partial charge in [0.25, 0.3) is 5.69 Å². The summed E-state index contributed by atoms with van der Waals surface area (Å²) in [5.74, 6) is 8.44. The van der Waals surface area contributed by atoms with Gasteiger partial charge in [-0.15, -0.1) is 0 Å². The van der Waals surface area contributed by atoms with Crippen LogP contribution in [0.15, 0.2) is 60.9 Å². The molecule has 1 aliphatic heterocycles. The Bertz CT molecular complexity index is 1870. The number of likely N-dealkylation sites (tertiary alicyclic amines) is 1. The quantitative estimate of drug-likeness (QED) is 0.129. The van der Waals surface area contributed by atoms with Crippen LogP contribution in [0, 0.1) is 39.7 Å². The Labute approximate surface area is 271 Å². The van der Waals surface area contributed by atoms with Gasteiger partial charge in [-0.3, -0.25) is 10.1 Å².